The second kappa shape index (κ2) is 13.6. The van der Waals surface area contributed by atoms with Gasteiger partial charge in [0.05, 0.1) is 27.9 Å². The van der Waals surface area contributed by atoms with E-state index < -0.39 is 0 Å². The van der Waals surface area contributed by atoms with Crippen molar-refractivity contribution in [3.05, 3.63) is 206 Å². The van der Waals surface area contributed by atoms with Crippen molar-refractivity contribution in [3.8, 4) is 61.8 Å². The lowest BCUT2D eigenvalue weighted by atomic mass is 9.85. The van der Waals surface area contributed by atoms with Crippen LogP contribution in [0.25, 0.3) is 105 Å². The van der Waals surface area contributed by atoms with Crippen LogP contribution in [-0.4, -0.2) is 19.5 Å². The van der Waals surface area contributed by atoms with E-state index >= 15 is 0 Å². The number of nitrogens with zero attached hydrogens (tertiary/aromatic N) is 4. The summed E-state index contributed by atoms with van der Waals surface area (Å²) >= 11 is 0. The number of hydrogen-bond acceptors (Lipinski definition) is 3. The smallest absolute Gasteiger partial charge is 0.160 e. The number of benzene rings is 8. The summed E-state index contributed by atoms with van der Waals surface area (Å²) in [6, 6.07) is 70.7. The summed E-state index contributed by atoms with van der Waals surface area (Å²) in [6.45, 7) is 0. The molecule has 0 amide bonds. The summed E-state index contributed by atoms with van der Waals surface area (Å²) in [6.07, 6.45) is 1.87. The standard InChI is InChI=1S/C53H34N4/c1-4-16-35(17-5-1)46-34-47(37-29-30-48-45(33-37)52-49(28-15-31-54-52)57(48)40-22-8-3-9-23-40)56-53(55-46)39-21-14-20-38(32-39)51-43-26-12-10-24-41(43)50(36-18-6-2-7-19-36)42-25-11-13-27-44(42)51/h1-34H. The van der Waals surface area contributed by atoms with E-state index in [0.717, 1.165) is 61.3 Å². The molecule has 3 aromatic heterocycles. The van der Waals surface area contributed by atoms with E-state index in [4.69, 9.17) is 15.0 Å². The van der Waals surface area contributed by atoms with Crippen LogP contribution in [0.5, 0.6) is 0 Å². The lowest BCUT2D eigenvalue weighted by Crippen LogP contribution is -1.97. The molecule has 4 heteroatoms. The van der Waals surface area contributed by atoms with Crippen LogP contribution in [-0.2, 0) is 0 Å². The molecule has 0 aliphatic rings. The van der Waals surface area contributed by atoms with Crippen molar-refractivity contribution in [2.24, 2.45) is 0 Å². The third kappa shape index (κ3) is 5.58. The highest BCUT2D eigenvalue weighted by molar-refractivity contribution is 6.21. The number of rotatable bonds is 6. The monoisotopic (exact) mass is 726 g/mol. The van der Waals surface area contributed by atoms with Crippen LogP contribution in [0.2, 0.25) is 0 Å². The average molecular weight is 727 g/mol. The van der Waals surface area contributed by atoms with E-state index in [9.17, 15) is 0 Å². The first-order valence-corrected chi connectivity index (χ1v) is 19.3. The van der Waals surface area contributed by atoms with Gasteiger partial charge in [0.2, 0.25) is 0 Å². The Morgan fingerprint density at radius 3 is 1.54 bits per heavy atom. The number of fused-ring (bicyclic) bond motifs is 5. The highest BCUT2D eigenvalue weighted by Crippen LogP contribution is 2.44. The second-order valence-corrected chi connectivity index (χ2v) is 14.4. The van der Waals surface area contributed by atoms with E-state index in [0.29, 0.717) is 5.82 Å². The Balaban J connectivity index is 1.11. The second-order valence-electron chi connectivity index (χ2n) is 14.4. The Labute approximate surface area is 330 Å². The molecule has 0 aliphatic heterocycles. The van der Waals surface area contributed by atoms with E-state index in [1.54, 1.807) is 0 Å². The van der Waals surface area contributed by atoms with Crippen molar-refractivity contribution in [1.82, 2.24) is 19.5 Å². The van der Waals surface area contributed by atoms with Gasteiger partial charge in [0.1, 0.15) is 0 Å². The molecule has 0 N–H and O–H groups in total. The van der Waals surface area contributed by atoms with Crippen molar-refractivity contribution in [2.75, 3.05) is 0 Å². The van der Waals surface area contributed by atoms with Crippen LogP contribution < -0.4 is 0 Å². The van der Waals surface area contributed by atoms with Crippen molar-refractivity contribution >= 4 is 43.5 Å². The summed E-state index contributed by atoms with van der Waals surface area (Å²) < 4.78 is 2.29. The molecule has 11 rings (SSSR count). The maximum absolute atomic E-state index is 5.33. The van der Waals surface area contributed by atoms with Gasteiger partial charge in [0.15, 0.2) is 5.82 Å². The molecular formula is C53H34N4. The third-order valence-electron chi connectivity index (χ3n) is 11.0. The molecule has 0 atom stereocenters. The van der Waals surface area contributed by atoms with Crippen LogP contribution in [0.3, 0.4) is 0 Å². The van der Waals surface area contributed by atoms with Gasteiger partial charge in [0, 0.05) is 34.0 Å². The molecule has 0 spiro atoms. The Morgan fingerprint density at radius 2 is 0.877 bits per heavy atom. The molecule has 0 fully saturated rings. The minimum absolute atomic E-state index is 0.674. The minimum atomic E-state index is 0.674. The van der Waals surface area contributed by atoms with Gasteiger partial charge in [-0.15, -0.1) is 0 Å². The topological polar surface area (TPSA) is 43.6 Å². The largest absolute Gasteiger partial charge is 0.308 e. The van der Waals surface area contributed by atoms with Gasteiger partial charge in [0.25, 0.3) is 0 Å². The van der Waals surface area contributed by atoms with E-state index in [1.165, 1.54) is 38.2 Å². The Hall–Kier alpha value is -7.69. The zero-order chi connectivity index (χ0) is 37.7. The lowest BCUT2D eigenvalue weighted by Gasteiger charge is -2.18. The minimum Gasteiger partial charge on any atom is -0.308 e. The Kier molecular flexibility index (Phi) is 7.78. The molecule has 0 bridgehead atoms. The van der Waals surface area contributed by atoms with Gasteiger partial charge in [-0.3, -0.25) is 4.98 Å². The van der Waals surface area contributed by atoms with Crippen LogP contribution in [0.15, 0.2) is 206 Å². The zero-order valence-corrected chi connectivity index (χ0v) is 30.9. The van der Waals surface area contributed by atoms with E-state index in [-0.39, 0.29) is 0 Å². The molecule has 57 heavy (non-hydrogen) atoms. The number of aromatic nitrogens is 4. The zero-order valence-electron chi connectivity index (χ0n) is 30.9. The van der Waals surface area contributed by atoms with E-state index in [1.807, 2.05) is 24.4 Å². The summed E-state index contributed by atoms with van der Waals surface area (Å²) in [5.41, 5.74) is 13.7. The predicted octanol–water partition coefficient (Wildman–Crippen LogP) is 13.6. The van der Waals surface area contributed by atoms with Gasteiger partial charge in [-0.1, -0.05) is 152 Å². The first kappa shape index (κ1) is 32.7. The molecule has 11 aromatic rings. The van der Waals surface area contributed by atoms with Crippen molar-refractivity contribution in [1.29, 1.82) is 0 Å². The quantitative estimate of drug-likeness (QED) is 0.160. The first-order valence-electron chi connectivity index (χ1n) is 19.3. The summed E-state index contributed by atoms with van der Waals surface area (Å²) in [5, 5.41) is 5.96. The van der Waals surface area contributed by atoms with Gasteiger partial charge < -0.3 is 4.57 Å². The number of pyridine rings is 1. The molecule has 0 saturated heterocycles. The van der Waals surface area contributed by atoms with Crippen molar-refractivity contribution < 1.29 is 0 Å². The fourth-order valence-electron chi connectivity index (χ4n) is 8.50. The summed E-state index contributed by atoms with van der Waals surface area (Å²) in [5.74, 6) is 0.674. The molecule has 266 valence electrons. The number of hydrogen-bond donors (Lipinski definition) is 0. The fraction of sp³-hybridized carbons (Fsp3) is 0. The summed E-state index contributed by atoms with van der Waals surface area (Å²) in [4.78, 5) is 15.4. The van der Waals surface area contributed by atoms with Gasteiger partial charge in [-0.25, -0.2) is 9.97 Å². The molecule has 0 saturated carbocycles. The van der Waals surface area contributed by atoms with Gasteiger partial charge in [-0.05, 0) is 92.3 Å². The Bertz CT molecular complexity index is 3220. The highest BCUT2D eigenvalue weighted by Gasteiger charge is 2.19. The van der Waals surface area contributed by atoms with Crippen molar-refractivity contribution in [2.45, 2.75) is 0 Å². The van der Waals surface area contributed by atoms with Gasteiger partial charge in [-0.2, -0.15) is 0 Å². The molecule has 0 aliphatic carbocycles. The fourth-order valence-corrected chi connectivity index (χ4v) is 8.50. The molecule has 3 heterocycles. The maximum Gasteiger partial charge on any atom is 0.160 e. The predicted molar refractivity (Wildman–Crippen MR) is 236 cm³/mol. The third-order valence-corrected chi connectivity index (χ3v) is 11.0. The van der Waals surface area contributed by atoms with E-state index in [2.05, 4.69) is 187 Å². The highest BCUT2D eigenvalue weighted by atomic mass is 15.0. The molecule has 8 aromatic carbocycles. The molecule has 0 unspecified atom stereocenters. The maximum atomic E-state index is 5.33. The van der Waals surface area contributed by atoms with Gasteiger partial charge >= 0.3 is 0 Å². The van der Waals surface area contributed by atoms with Crippen LogP contribution in [0.1, 0.15) is 0 Å². The lowest BCUT2D eigenvalue weighted by molar-refractivity contribution is 1.17. The normalized spacial score (nSPS) is 11.5. The van der Waals surface area contributed by atoms with Crippen LogP contribution >= 0.6 is 0 Å². The SMILES string of the molecule is c1ccc(-c2cc(-c3ccc4c(c3)c3ncccc3n4-c3ccccc3)nc(-c3cccc(-c4c5ccccc5c(-c5ccccc5)c5ccccc45)c3)n2)cc1. The molecule has 4 nitrogen and oxygen atoms in total. The Morgan fingerprint density at radius 1 is 0.333 bits per heavy atom. The molecule has 0 radical (unpaired) electrons. The van der Waals surface area contributed by atoms with Crippen molar-refractivity contribution in [3.63, 3.8) is 0 Å². The van der Waals surface area contributed by atoms with Crippen LogP contribution in [0.4, 0.5) is 0 Å². The molecular weight excluding hydrogens is 693 g/mol. The number of para-hydroxylation sites is 1. The first-order chi connectivity index (χ1) is 28.3. The average Bonchev–Trinajstić information content (AvgIpc) is 3.62. The summed E-state index contributed by atoms with van der Waals surface area (Å²) in [7, 11) is 0. The van der Waals surface area contributed by atoms with Crippen LogP contribution in [0, 0.1) is 0 Å².